The summed E-state index contributed by atoms with van der Waals surface area (Å²) in [5.74, 6) is 1.37. The summed E-state index contributed by atoms with van der Waals surface area (Å²) < 4.78 is 0.864. The number of rotatable bonds is 2. The molecule has 0 spiro atoms. The first-order valence-electron chi connectivity index (χ1n) is 8.25. The van der Waals surface area contributed by atoms with E-state index >= 15 is 0 Å². The molecule has 0 aliphatic carbocycles. The summed E-state index contributed by atoms with van der Waals surface area (Å²) in [5.41, 5.74) is 2.03. The molecule has 7 heteroatoms. The van der Waals surface area contributed by atoms with E-state index in [0.29, 0.717) is 12.5 Å². The van der Waals surface area contributed by atoms with Gasteiger partial charge in [-0.2, -0.15) is 4.98 Å². The Labute approximate surface area is 150 Å². The number of benzene rings is 1. The molecule has 2 aromatic rings. The minimum Gasteiger partial charge on any atom is -0.395 e. The second-order valence-electron chi connectivity index (χ2n) is 5.76. The molecule has 0 radical (unpaired) electrons. The van der Waals surface area contributed by atoms with Gasteiger partial charge in [0.2, 0.25) is 5.95 Å². The van der Waals surface area contributed by atoms with Gasteiger partial charge >= 0.3 is 0 Å². The first kappa shape index (κ1) is 17.0. The van der Waals surface area contributed by atoms with Crippen molar-refractivity contribution in [2.75, 3.05) is 41.8 Å². The number of hydrogen-bond donors (Lipinski definition) is 3. The fraction of sp³-hybridized carbons (Fsp3) is 0.412. The first-order valence-corrected chi connectivity index (χ1v) is 9.05. The molecular weight excluding hydrogens is 370 g/mol. The smallest absolute Gasteiger partial charge is 0.229 e. The van der Waals surface area contributed by atoms with Gasteiger partial charge in [0.1, 0.15) is 5.82 Å². The molecule has 2 heterocycles. The van der Waals surface area contributed by atoms with E-state index in [4.69, 9.17) is 0 Å². The van der Waals surface area contributed by atoms with Crippen LogP contribution in [0.25, 0.3) is 0 Å². The Balaban J connectivity index is 1.90. The van der Waals surface area contributed by atoms with E-state index in [1.807, 2.05) is 12.1 Å². The molecule has 128 valence electrons. The maximum Gasteiger partial charge on any atom is 0.229 e. The third-order valence-electron chi connectivity index (χ3n) is 3.98. The van der Waals surface area contributed by atoms with Crippen LogP contribution in [0.4, 0.5) is 23.1 Å². The van der Waals surface area contributed by atoms with Crippen LogP contribution in [0.15, 0.2) is 34.9 Å². The van der Waals surface area contributed by atoms with Gasteiger partial charge in [-0.1, -0.05) is 6.07 Å². The molecule has 6 nitrogen and oxygen atoms in total. The quantitative estimate of drug-likeness (QED) is 0.728. The average Bonchev–Trinajstić information content (AvgIpc) is 2.59. The van der Waals surface area contributed by atoms with E-state index in [9.17, 15) is 5.11 Å². The van der Waals surface area contributed by atoms with E-state index in [1.54, 1.807) is 6.20 Å². The van der Waals surface area contributed by atoms with Crippen LogP contribution in [-0.4, -0.2) is 41.3 Å². The summed E-state index contributed by atoms with van der Waals surface area (Å²) >= 11 is 3.49. The molecule has 0 saturated carbocycles. The average molecular weight is 392 g/mol. The van der Waals surface area contributed by atoms with Crippen LogP contribution >= 0.6 is 15.9 Å². The lowest BCUT2D eigenvalue weighted by Gasteiger charge is -2.25. The predicted molar refractivity (Wildman–Crippen MR) is 101 cm³/mol. The van der Waals surface area contributed by atoms with Crippen molar-refractivity contribution in [3.05, 3.63) is 34.9 Å². The maximum atomic E-state index is 9.35. The second-order valence-corrected chi connectivity index (χ2v) is 6.62. The monoisotopic (exact) mass is 391 g/mol. The van der Waals surface area contributed by atoms with Crippen molar-refractivity contribution in [1.82, 2.24) is 9.97 Å². The number of aromatic nitrogens is 2. The predicted octanol–water partition coefficient (Wildman–Crippen LogP) is 3.38. The van der Waals surface area contributed by atoms with E-state index in [2.05, 4.69) is 53.6 Å². The van der Waals surface area contributed by atoms with Gasteiger partial charge in [-0.15, -0.1) is 0 Å². The van der Waals surface area contributed by atoms with Gasteiger partial charge in [-0.25, -0.2) is 4.98 Å². The second kappa shape index (κ2) is 8.30. The van der Waals surface area contributed by atoms with Crippen LogP contribution < -0.4 is 15.5 Å². The van der Waals surface area contributed by atoms with Crippen LogP contribution in [0.2, 0.25) is 0 Å². The number of nitrogens with zero attached hydrogens (tertiary/aromatic N) is 3. The summed E-state index contributed by atoms with van der Waals surface area (Å²) in [6.07, 6.45) is 5.05. The van der Waals surface area contributed by atoms with Crippen molar-refractivity contribution in [3.63, 3.8) is 0 Å². The van der Waals surface area contributed by atoms with Crippen molar-refractivity contribution in [2.24, 2.45) is 0 Å². The van der Waals surface area contributed by atoms with Crippen LogP contribution in [0, 0.1) is 0 Å². The number of nitrogens with one attached hydrogen (secondary N) is 2. The summed E-state index contributed by atoms with van der Waals surface area (Å²) in [6, 6.07) is 8.14. The maximum absolute atomic E-state index is 9.35. The molecule has 1 aliphatic heterocycles. The van der Waals surface area contributed by atoms with Crippen molar-refractivity contribution in [3.8, 4) is 0 Å². The Morgan fingerprint density at radius 1 is 1.25 bits per heavy atom. The molecule has 0 fully saturated rings. The van der Waals surface area contributed by atoms with E-state index < -0.39 is 0 Å². The lowest BCUT2D eigenvalue weighted by atomic mass is 10.2. The third kappa shape index (κ3) is 4.36. The normalized spacial score (nSPS) is 15.2. The van der Waals surface area contributed by atoms with Crippen LogP contribution in [0.1, 0.15) is 19.3 Å². The number of anilines is 4. The molecule has 0 amide bonds. The highest BCUT2D eigenvalue weighted by molar-refractivity contribution is 9.10. The molecule has 3 rings (SSSR count). The largest absolute Gasteiger partial charge is 0.395 e. The summed E-state index contributed by atoms with van der Waals surface area (Å²) in [5, 5.41) is 16.0. The topological polar surface area (TPSA) is 73.3 Å². The van der Waals surface area contributed by atoms with E-state index in [-0.39, 0.29) is 6.61 Å². The van der Waals surface area contributed by atoms with Gasteiger partial charge in [0.25, 0.3) is 0 Å². The molecule has 1 aromatic heterocycles. The van der Waals surface area contributed by atoms with Crippen molar-refractivity contribution in [2.45, 2.75) is 19.3 Å². The fourth-order valence-corrected chi connectivity index (χ4v) is 3.09. The minimum atomic E-state index is 0.151. The Morgan fingerprint density at radius 2 is 2.17 bits per heavy atom. The van der Waals surface area contributed by atoms with E-state index in [1.165, 1.54) is 0 Å². The first-order chi connectivity index (χ1) is 11.8. The third-order valence-corrected chi connectivity index (χ3v) is 4.56. The Kier molecular flexibility index (Phi) is 5.87. The van der Waals surface area contributed by atoms with Gasteiger partial charge in [0, 0.05) is 37.2 Å². The molecule has 24 heavy (non-hydrogen) atoms. The van der Waals surface area contributed by atoms with Crippen molar-refractivity contribution >= 4 is 39.1 Å². The highest BCUT2D eigenvalue weighted by atomic mass is 79.9. The van der Waals surface area contributed by atoms with Gasteiger partial charge in [-0.05, 0) is 53.4 Å². The zero-order chi connectivity index (χ0) is 16.8. The number of fused-ring (bicyclic) bond motifs is 4. The number of hydrogen-bond acceptors (Lipinski definition) is 6. The van der Waals surface area contributed by atoms with E-state index in [0.717, 1.165) is 54.0 Å². The molecule has 0 unspecified atom stereocenters. The minimum absolute atomic E-state index is 0.151. The van der Waals surface area contributed by atoms with Crippen molar-refractivity contribution in [1.29, 1.82) is 0 Å². The summed E-state index contributed by atoms with van der Waals surface area (Å²) in [7, 11) is 0. The Bertz CT molecular complexity index is 682. The molecule has 0 saturated heterocycles. The van der Waals surface area contributed by atoms with Crippen molar-refractivity contribution < 1.29 is 5.11 Å². The summed E-state index contributed by atoms with van der Waals surface area (Å²) in [4.78, 5) is 11.1. The Hall–Kier alpha value is -1.86. The van der Waals surface area contributed by atoms with Gasteiger partial charge in [0.15, 0.2) is 0 Å². The zero-order valence-corrected chi connectivity index (χ0v) is 15.1. The number of aliphatic hydroxyl groups excluding tert-OH is 1. The summed E-state index contributed by atoms with van der Waals surface area (Å²) in [6.45, 7) is 2.61. The lowest BCUT2D eigenvalue weighted by Crippen LogP contribution is -2.28. The molecule has 0 atom stereocenters. The zero-order valence-electron chi connectivity index (χ0n) is 13.5. The van der Waals surface area contributed by atoms with Crippen LogP contribution in [-0.2, 0) is 0 Å². The number of aliphatic hydroxyl groups is 1. The SMILES string of the molecule is OCCN1CCCCCNc2nc(ncc2Br)Nc2cccc1c2. The van der Waals surface area contributed by atoms with Gasteiger partial charge in [-0.3, -0.25) is 0 Å². The number of β-amino-alcohol motifs (C(OH)–C–C–N with tert-alkyl or cyclic N) is 1. The van der Waals surface area contributed by atoms with Gasteiger partial charge < -0.3 is 20.6 Å². The highest BCUT2D eigenvalue weighted by Crippen LogP contribution is 2.25. The Morgan fingerprint density at radius 3 is 3.04 bits per heavy atom. The van der Waals surface area contributed by atoms with Crippen LogP contribution in [0.5, 0.6) is 0 Å². The fourth-order valence-electron chi connectivity index (χ4n) is 2.76. The molecule has 3 N–H and O–H groups in total. The van der Waals surface area contributed by atoms with Crippen LogP contribution in [0.3, 0.4) is 0 Å². The molecular formula is C17H22BrN5O. The standard InChI is InChI=1S/C17H22BrN5O/c18-15-12-20-17-21-13-5-4-6-14(11-13)23(9-10-24)8-3-1-2-7-19-16(15)22-17/h4-6,11-12,24H,1-3,7-10H2,(H2,19,20,21,22). The molecule has 1 aliphatic rings. The molecule has 1 aromatic carbocycles. The lowest BCUT2D eigenvalue weighted by molar-refractivity contribution is 0.301. The highest BCUT2D eigenvalue weighted by Gasteiger charge is 2.10. The number of halogens is 1. The molecule has 4 bridgehead atoms. The van der Waals surface area contributed by atoms with Gasteiger partial charge in [0.05, 0.1) is 11.1 Å².